The average Bonchev–Trinajstić information content (AvgIpc) is 2.45. The highest BCUT2D eigenvalue weighted by Gasteiger charge is 2.39. The third-order valence-corrected chi connectivity index (χ3v) is 3.13. The fourth-order valence-corrected chi connectivity index (χ4v) is 2.68. The zero-order valence-electron chi connectivity index (χ0n) is 6.97. The van der Waals surface area contributed by atoms with Crippen LogP contribution in [0.3, 0.4) is 0 Å². The van der Waals surface area contributed by atoms with Crippen LogP contribution in [0.25, 0.3) is 0 Å². The van der Waals surface area contributed by atoms with Gasteiger partial charge in [-0.1, -0.05) is 6.42 Å². The molecule has 1 N–H and O–H groups in total. The molecule has 0 spiro atoms. The third-order valence-electron chi connectivity index (χ3n) is 3.13. The van der Waals surface area contributed by atoms with Crippen molar-refractivity contribution in [3.63, 3.8) is 0 Å². The number of amides is 1. The minimum atomic E-state index is 0.141. The van der Waals surface area contributed by atoms with Crippen LogP contribution in [0.1, 0.15) is 32.6 Å². The number of hydrogen-bond donors (Lipinski definition) is 1. The van der Waals surface area contributed by atoms with Crippen LogP contribution in [0.5, 0.6) is 0 Å². The molecule has 3 atom stereocenters. The molecule has 2 saturated carbocycles. The Labute approximate surface area is 67.4 Å². The summed E-state index contributed by atoms with van der Waals surface area (Å²) in [5.74, 6) is 1.88. The topological polar surface area (TPSA) is 29.1 Å². The van der Waals surface area contributed by atoms with Gasteiger partial charge in [-0.2, -0.15) is 0 Å². The minimum absolute atomic E-state index is 0.141. The van der Waals surface area contributed by atoms with Gasteiger partial charge in [0.25, 0.3) is 0 Å². The van der Waals surface area contributed by atoms with Gasteiger partial charge in [-0.25, -0.2) is 0 Å². The minimum Gasteiger partial charge on any atom is -0.353 e. The zero-order chi connectivity index (χ0) is 7.84. The van der Waals surface area contributed by atoms with E-state index in [0.717, 1.165) is 11.8 Å². The van der Waals surface area contributed by atoms with Crippen LogP contribution >= 0.6 is 0 Å². The molecule has 2 nitrogen and oxygen atoms in total. The first-order chi connectivity index (χ1) is 5.25. The second kappa shape index (κ2) is 2.50. The molecule has 11 heavy (non-hydrogen) atoms. The molecule has 0 radical (unpaired) electrons. The molecule has 0 aromatic rings. The molecule has 0 saturated heterocycles. The van der Waals surface area contributed by atoms with Crippen molar-refractivity contribution in [2.75, 3.05) is 0 Å². The van der Waals surface area contributed by atoms with Gasteiger partial charge < -0.3 is 5.32 Å². The van der Waals surface area contributed by atoms with Gasteiger partial charge in [0.05, 0.1) is 0 Å². The maximum Gasteiger partial charge on any atom is 0.217 e. The molecule has 62 valence electrons. The van der Waals surface area contributed by atoms with Crippen LogP contribution < -0.4 is 5.32 Å². The van der Waals surface area contributed by atoms with Crippen molar-refractivity contribution in [3.8, 4) is 0 Å². The van der Waals surface area contributed by atoms with Gasteiger partial charge in [0.2, 0.25) is 5.91 Å². The van der Waals surface area contributed by atoms with E-state index in [0.29, 0.717) is 6.04 Å². The molecule has 0 aliphatic heterocycles. The lowest BCUT2D eigenvalue weighted by Gasteiger charge is -2.21. The molecular formula is C9H15NO. The highest BCUT2D eigenvalue weighted by atomic mass is 16.1. The summed E-state index contributed by atoms with van der Waals surface area (Å²) in [6.07, 6.45) is 5.35. The van der Waals surface area contributed by atoms with Crippen LogP contribution in [0.2, 0.25) is 0 Å². The lowest BCUT2D eigenvalue weighted by Crippen LogP contribution is -2.36. The number of carbonyl (C=O) groups excluding carboxylic acids is 1. The SMILES string of the molecule is CC(=O)N[C@@H]1C[C@@H]2CC[C@@H]1C2. The summed E-state index contributed by atoms with van der Waals surface area (Å²) in [4.78, 5) is 10.8. The molecule has 2 rings (SSSR count). The monoisotopic (exact) mass is 153 g/mol. The quantitative estimate of drug-likeness (QED) is 0.604. The number of carbonyl (C=O) groups is 1. The van der Waals surface area contributed by atoms with Crippen molar-refractivity contribution < 1.29 is 4.79 Å². The Morgan fingerprint density at radius 1 is 1.36 bits per heavy atom. The number of fused-ring (bicyclic) bond motifs is 2. The summed E-state index contributed by atoms with van der Waals surface area (Å²) < 4.78 is 0. The fraction of sp³-hybridized carbons (Fsp3) is 0.889. The Hall–Kier alpha value is -0.530. The first kappa shape index (κ1) is 7.14. The summed E-state index contributed by atoms with van der Waals surface area (Å²) in [5, 5.41) is 3.03. The van der Waals surface area contributed by atoms with Crippen molar-refractivity contribution in [1.29, 1.82) is 0 Å². The smallest absolute Gasteiger partial charge is 0.217 e. The van der Waals surface area contributed by atoms with Crippen LogP contribution in [-0.2, 0) is 4.79 Å². The van der Waals surface area contributed by atoms with E-state index in [-0.39, 0.29) is 5.91 Å². The molecule has 0 unspecified atom stereocenters. The van der Waals surface area contributed by atoms with Crippen molar-refractivity contribution in [2.45, 2.75) is 38.6 Å². The summed E-state index contributed by atoms with van der Waals surface area (Å²) >= 11 is 0. The van der Waals surface area contributed by atoms with E-state index in [4.69, 9.17) is 0 Å². The van der Waals surface area contributed by atoms with Gasteiger partial charge in [0.15, 0.2) is 0 Å². The molecule has 0 aromatic carbocycles. The van der Waals surface area contributed by atoms with E-state index in [1.165, 1.54) is 25.7 Å². The Morgan fingerprint density at radius 2 is 2.18 bits per heavy atom. The maximum absolute atomic E-state index is 10.8. The van der Waals surface area contributed by atoms with E-state index in [1.807, 2.05) is 0 Å². The molecular weight excluding hydrogens is 138 g/mol. The van der Waals surface area contributed by atoms with E-state index in [9.17, 15) is 4.79 Å². The standard InChI is InChI=1S/C9H15NO/c1-6(11)10-9-5-7-2-3-8(9)4-7/h7-9H,2-5H2,1H3,(H,10,11)/t7-,8-,9-/m1/s1. The highest BCUT2D eigenvalue weighted by molar-refractivity contribution is 5.73. The van der Waals surface area contributed by atoms with Crippen LogP contribution in [-0.4, -0.2) is 11.9 Å². The molecule has 1 amide bonds. The summed E-state index contributed by atoms with van der Waals surface area (Å²) in [5.41, 5.74) is 0. The molecule has 2 heteroatoms. The van der Waals surface area contributed by atoms with E-state index < -0.39 is 0 Å². The molecule has 2 fully saturated rings. The number of hydrogen-bond acceptors (Lipinski definition) is 1. The maximum atomic E-state index is 10.8. The van der Waals surface area contributed by atoms with Crippen molar-refractivity contribution in [2.24, 2.45) is 11.8 Å². The molecule has 2 aliphatic carbocycles. The van der Waals surface area contributed by atoms with Crippen molar-refractivity contribution >= 4 is 5.91 Å². The van der Waals surface area contributed by atoms with Crippen LogP contribution in [0.15, 0.2) is 0 Å². The average molecular weight is 153 g/mol. The number of rotatable bonds is 1. The Bertz CT molecular complexity index is 178. The fourth-order valence-electron chi connectivity index (χ4n) is 2.68. The normalized spacial score (nSPS) is 41.0. The molecule has 0 heterocycles. The second-order valence-electron chi connectivity index (χ2n) is 3.98. The molecule has 2 bridgehead atoms. The third kappa shape index (κ3) is 1.26. The Kier molecular flexibility index (Phi) is 1.63. The summed E-state index contributed by atoms with van der Waals surface area (Å²) in [7, 11) is 0. The predicted octanol–water partition coefficient (Wildman–Crippen LogP) is 1.31. The van der Waals surface area contributed by atoms with E-state index >= 15 is 0 Å². The lowest BCUT2D eigenvalue weighted by atomic mass is 9.95. The zero-order valence-corrected chi connectivity index (χ0v) is 6.97. The van der Waals surface area contributed by atoms with E-state index in [2.05, 4.69) is 5.32 Å². The molecule has 0 aromatic heterocycles. The second-order valence-corrected chi connectivity index (χ2v) is 3.98. The first-order valence-corrected chi connectivity index (χ1v) is 4.53. The Balaban J connectivity index is 1.92. The Morgan fingerprint density at radius 3 is 2.64 bits per heavy atom. The largest absolute Gasteiger partial charge is 0.353 e. The van der Waals surface area contributed by atoms with Gasteiger partial charge in [0.1, 0.15) is 0 Å². The van der Waals surface area contributed by atoms with Crippen LogP contribution in [0.4, 0.5) is 0 Å². The first-order valence-electron chi connectivity index (χ1n) is 4.53. The predicted molar refractivity (Wildman–Crippen MR) is 43.1 cm³/mol. The van der Waals surface area contributed by atoms with Crippen molar-refractivity contribution in [3.05, 3.63) is 0 Å². The van der Waals surface area contributed by atoms with Gasteiger partial charge in [-0.15, -0.1) is 0 Å². The van der Waals surface area contributed by atoms with Gasteiger partial charge in [-0.3, -0.25) is 4.79 Å². The number of nitrogens with one attached hydrogen (secondary N) is 1. The van der Waals surface area contributed by atoms with Gasteiger partial charge >= 0.3 is 0 Å². The van der Waals surface area contributed by atoms with E-state index in [1.54, 1.807) is 6.92 Å². The summed E-state index contributed by atoms with van der Waals surface area (Å²) in [6, 6.07) is 0.520. The summed E-state index contributed by atoms with van der Waals surface area (Å²) in [6.45, 7) is 1.62. The highest BCUT2D eigenvalue weighted by Crippen LogP contribution is 2.44. The van der Waals surface area contributed by atoms with Gasteiger partial charge in [0, 0.05) is 13.0 Å². The van der Waals surface area contributed by atoms with Crippen molar-refractivity contribution in [1.82, 2.24) is 5.32 Å². The van der Waals surface area contributed by atoms with Gasteiger partial charge in [-0.05, 0) is 31.1 Å². The van der Waals surface area contributed by atoms with Crippen LogP contribution in [0, 0.1) is 11.8 Å². The lowest BCUT2D eigenvalue weighted by molar-refractivity contribution is -0.120. The molecule has 2 aliphatic rings.